The molecule has 0 heterocycles. The molecule has 2 N–H and O–H groups in total. The summed E-state index contributed by atoms with van der Waals surface area (Å²) >= 11 is 0. The molecular formula is C12H23N3O4. The molecule has 0 saturated heterocycles. The molecule has 7 nitrogen and oxygen atoms in total. The van der Waals surface area contributed by atoms with Gasteiger partial charge in [0.25, 0.3) is 0 Å². The Kier molecular flexibility index (Phi) is 7.55. The van der Waals surface area contributed by atoms with Crippen LogP contribution in [0.4, 0.5) is 4.79 Å². The molecule has 0 aromatic heterocycles. The average Bonchev–Trinajstić information content (AvgIpc) is 2.32. The summed E-state index contributed by atoms with van der Waals surface area (Å²) in [6.07, 6.45) is 0. The van der Waals surface area contributed by atoms with Gasteiger partial charge in [0.05, 0.1) is 0 Å². The van der Waals surface area contributed by atoms with E-state index in [9.17, 15) is 14.4 Å². The third-order valence-corrected chi connectivity index (χ3v) is 2.54. The van der Waals surface area contributed by atoms with Crippen LogP contribution in [0.5, 0.6) is 0 Å². The van der Waals surface area contributed by atoms with Crippen LogP contribution in [-0.2, 0) is 9.59 Å². The predicted octanol–water partition coefficient (Wildman–Crippen LogP) is 0.359. The molecule has 110 valence electrons. The van der Waals surface area contributed by atoms with Crippen molar-refractivity contribution < 1.29 is 19.5 Å². The van der Waals surface area contributed by atoms with Gasteiger partial charge in [0.15, 0.2) is 0 Å². The molecule has 0 saturated carbocycles. The molecule has 0 fully saturated rings. The lowest BCUT2D eigenvalue weighted by Gasteiger charge is -2.31. The zero-order valence-electron chi connectivity index (χ0n) is 12.0. The molecule has 0 aromatic carbocycles. The summed E-state index contributed by atoms with van der Waals surface area (Å²) in [5.41, 5.74) is 0. The molecule has 0 rings (SSSR count). The highest BCUT2D eigenvalue weighted by Crippen LogP contribution is 2.04. The Morgan fingerprint density at radius 1 is 1.16 bits per heavy atom. The lowest BCUT2D eigenvalue weighted by Crippen LogP contribution is -2.51. The van der Waals surface area contributed by atoms with Crippen LogP contribution in [0.15, 0.2) is 0 Å². The fourth-order valence-electron chi connectivity index (χ4n) is 1.54. The summed E-state index contributed by atoms with van der Waals surface area (Å²) in [6, 6.07) is -0.682. The maximum Gasteiger partial charge on any atom is 0.323 e. The Balaban J connectivity index is 4.77. The van der Waals surface area contributed by atoms with Crippen molar-refractivity contribution in [1.29, 1.82) is 0 Å². The van der Waals surface area contributed by atoms with Gasteiger partial charge in [-0.05, 0) is 27.7 Å². The van der Waals surface area contributed by atoms with Crippen molar-refractivity contribution in [3.8, 4) is 0 Å². The van der Waals surface area contributed by atoms with Crippen LogP contribution in [0.2, 0.25) is 0 Å². The van der Waals surface area contributed by atoms with E-state index in [1.165, 1.54) is 9.80 Å². The lowest BCUT2D eigenvalue weighted by atomic mass is 10.3. The average molecular weight is 273 g/mol. The first kappa shape index (κ1) is 17.2. The van der Waals surface area contributed by atoms with Crippen molar-refractivity contribution in [1.82, 2.24) is 15.1 Å². The number of aliphatic carboxylic acids is 1. The van der Waals surface area contributed by atoms with Crippen molar-refractivity contribution >= 4 is 17.9 Å². The molecular weight excluding hydrogens is 250 g/mol. The summed E-state index contributed by atoms with van der Waals surface area (Å²) in [5, 5.41) is 11.4. The second-order valence-electron chi connectivity index (χ2n) is 4.37. The monoisotopic (exact) mass is 273 g/mol. The van der Waals surface area contributed by atoms with Crippen LogP contribution in [0.1, 0.15) is 27.7 Å². The number of amides is 3. The molecule has 0 aliphatic heterocycles. The van der Waals surface area contributed by atoms with Gasteiger partial charge in [-0.3, -0.25) is 9.59 Å². The van der Waals surface area contributed by atoms with Gasteiger partial charge >= 0.3 is 12.0 Å². The van der Waals surface area contributed by atoms with E-state index in [0.717, 1.165) is 0 Å². The predicted molar refractivity (Wildman–Crippen MR) is 70.8 cm³/mol. The van der Waals surface area contributed by atoms with Gasteiger partial charge in [0, 0.05) is 19.1 Å². The minimum absolute atomic E-state index is 0.0635. The molecule has 0 atom stereocenters. The number of carbonyl (C=O) groups is 3. The summed E-state index contributed by atoms with van der Waals surface area (Å²) in [6.45, 7) is 7.42. The molecule has 0 bridgehead atoms. The van der Waals surface area contributed by atoms with Crippen LogP contribution in [0.25, 0.3) is 0 Å². The Morgan fingerprint density at radius 3 is 2.11 bits per heavy atom. The van der Waals surface area contributed by atoms with Gasteiger partial charge in [-0.15, -0.1) is 0 Å². The largest absolute Gasteiger partial charge is 0.480 e. The molecule has 19 heavy (non-hydrogen) atoms. The van der Waals surface area contributed by atoms with Crippen molar-refractivity contribution in [3.63, 3.8) is 0 Å². The third kappa shape index (κ3) is 6.08. The molecule has 0 aliphatic rings. The minimum Gasteiger partial charge on any atom is -0.480 e. The second kappa shape index (κ2) is 8.34. The van der Waals surface area contributed by atoms with E-state index in [0.29, 0.717) is 13.1 Å². The second-order valence-corrected chi connectivity index (χ2v) is 4.37. The van der Waals surface area contributed by atoms with Crippen LogP contribution in [0, 0.1) is 0 Å². The molecule has 3 amide bonds. The lowest BCUT2D eigenvalue weighted by molar-refractivity contribution is -0.138. The van der Waals surface area contributed by atoms with Crippen LogP contribution in [-0.4, -0.2) is 65.0 Å². The number of carbonyl (C=O) groups excluding carboxylic acids is 2. The number of nitrogens with one attached hydrogen (secondary N) is 1. The number of hydrogen-bond acceptors (Lipinski definition) is 3. The SMILES string of the molecule is CCNC(=O)CN(CC)C(=O)N(CC(=O)O)C(C)C. The summed E-state index contributed by atoms with van der Waals surface area (Å²) in [4.78, 5) is 37.0. The minimum atomic E-state index is -1.07. The molecule has 7 heteroatoms. The first-order valence-electron chi connectivity index (χ1n) is 6.37. The normalized spacial score (nSPS) is 10.2. The summed E-state index contributed by atoms with van der Waals surface area (Å²) in [7, 11) is 0. The summed E-state index contributed by atoms with van der Waals surface area (Å²) in [5.74, 6) is -1.33. The maximum atomic E-state index is 12.2. The quantitative estimate of drug-likeness (QED) is 0.700. The van der Waals surface area contributed by atoms with E-state index in [1.807, 2.05) is 0 Å². The van der Waals surface area contributed by atoms with Gasteiger partial charge < -0.3 is 20.2 Å². The molecule has 0 unspecified atom stereocenters. The highest BCUT2D eigenvalue weighted by Gasteiger charge is 2.25. The number of urea groups is 1. The van der Waals surface area contributed by atoms with Gasteiger partial charge in [0.2, 0.25) is 5.91 Å². The standard InChI is InChI=1S/C12H23N3O4/c1-5-13-10(16)7-14(6-2)12(19)15(9(3)4)8-11(17)18/h9H,5-8H2,1-4H3,(H,13,16)(H,17,18). The van der Waals surface area contributed by atoms with E-state index in [4.69, 9.17) is 5.11 Å². The van der Waals surface area contributed by atoms with Crippen molar-refractivity contribution in [2.45, 2.75) is 33.7 Å². The number of likely N-dealkylation sites (N-methyl/N-ethyl adjacent to an activating group) is 2. The van der Waals surface area contributed by atoms with E-state index in [-0.39, 0.29) is 25.0 Å². The van der Waals surface area contributed by atoms with Gasteiger partial charge in [0.1, 0.15) is 13.1 Å². The van der Waals surface area contributed by atoms with Crippen LogP contribution >= 0.6 is 0 Å². The summed E-state index contributed by atoms with van der Waals surface area (Å²) < 4.78 is 0. The zero-order chi connectivity index (χ0) is 15.0. The Hall–Kier alpha value is -1.79. The van der Waals surface area contributed by atoms with E-state index in [1.54, 1.807) is 27.7 Å². The fraction of sp³-hybridized carbons (Fsp3) is 0.750. The smallest absolute Gasteiger partial charge is 0.323 e. The molecule has 0 aromatic rings. The molecule has 0 spiro atoms. The molecule has 0 radical (unpaired) electrons. The molecule has 0 aliphatic carbocycles. The Morgan fingerprint density at radius 2 is 1.74 bits per heavy atom. The van der Waals surface area contributed by atoms with Gasteiger partial charge in [-0.1, -0.05) is 0 Å². The van der Waals surface area contributed by atoms with E-state index < -0.39 is 12.0 Å². The number of carboxylic acids is 1. The van der Waals surface area contributed by atoms with Gasteiger partial charge in [-0.2, -0.15) is 0 Å². The Bertz CT molecular complexity index is 331. The van der Waals surface area contributed by atoms with E-state index >= 15 is 0 Å². The van der Waals surface area contributed by atoms with Crippen molar-refractivity contribution in [2.24, 2.45) is 0 Å². The topological polar surface area (TPSA) is 90.0 Å². The maximum absolute atomic E-state index is 12.2. The first-order valence-corrected chi connectivity index (χ1v) is 6.37. The van der Waals surface area contributed by atoms with Gasteiger partial charge in [-0.25, -0.2) is 4.79 Å². The third-order valence-electron chi connectivity index (χ3n) is 2.54. The van der Waals surface area contributed by atoms with Crippen LogP contribution in [0.3, 0.4) is 0 Å². The zero-order valence-corrected chi connectivity index (χ0v) is 12.0. The Labute approximate surface area is 113 Å². The highest BCUT2D eigenvalue weighted by molar-refractivity contribution is 5.85. The first-order chi connectivity index (χ1) is 8.83. The van der Waals surface area contributed by atoms with Crippen LogP contribution < -0.4 is 5.32 Å². The number of hydrogen-bond donors (Lipinski definition) is 2. The van der Waals surface area contributed by atoms with Crippen molar-refractivity contribution in [2.75, 3.05) is 26.2 Å². The van der Waals surface area contributed by atoms with Crippen molar-refractivity contribution in [3.05, 3.63) is 0 Å². The number of nitrogens with zero attached hydrogens (tertiary/aromatic N) is 2. The van der Waals surface area contributed by atoms with E-state index in [2.05, 4.69) is 5.32 Å². The highest BCUT2D eigenvalue weighted by atomic mass is 16.4. The number of rotatable bonds is 7. The number of carboxylic acid groups (broad SMARTS) is 1. The fourth-order valence-corrected chi connectivity index (χ4v) is 1.54.